The van der Waals surface area contributed by atoms with Crippen LogP contribution in [0.3, 0.4) is 0 Å². The minimum Gasteiger partial charge on any atom is -0.454 e. The average Bonchev–Trinajstić information content (AvgIpc) is 3.07. The van der Waals surface area contributed by atoms with Crippen molar-refractivity contribution in [2.75, 3.05) is 20.4 Å². The van der Waals surface area contributed by atoms with Crippen LogP contribution in [0.15, 0.2) is 18.2 Å². The molecule has 6 heteroatoms. The predicted molar refractivity (Wildman–Crippen MR) is 85.9 cm³/mol. The number of hydrogen-bond donors (Lipinski definition) is 1. The molecule has 24 heavy (non-hydrogen) atoms. The Morgan fingerprint density at radius 3 is 2.96 bits per heavy atom. The van der Waals surface area contributed by atoms with Crippen molar-refractivity contribution in [3.8, 4) is 11.5 Å². The molecule has 3 aliphatic rings. The molecule has 0 spiro atoms. The van der Waals surface area contributed by atoms with Crippen LogP contribution in [-0.2, 0) is 4.74 Å². The van der Waals surface area contributed by atoms with Gasteiger partial charge in [0.2, 0.25) is 6.79 Å². The Bertz CT molecular complexity index is 648. The van der Waals surface area contributed by atoms with Crippen LogP contribution in [0.1, 0.15) is 43.7 Å². The summed E-state index contributed by atoms with van der Waals surface area (Å²) in [5, 5.41) is 11.2. The fourth-order valence-corrected chi connectivity index (χ4v) is 4.51. The number of aliphatic hydroxyl groups is 1. The van der Waals surface area contributed by atoms with E-state index in [0.29, 0.717) is 18.7 Å². The molecule has 2 heterocycles. The van der Waals surface area contributed by atoms with Crippen LogP contribution in [0.25, 0.3) is 0 Å². The second kappa shape index (κ2) is 5.84. The fraction of sp³-hybridized carbons (Fsp3) is 0.611. The van der Waals surface area contributed by atoms with Gasteiger partial charge in [0.05, 0.1) is 18.8 Å². The zero-order valence-electron chi connectivity index (χ0n) is 13.9. The van der Waals surface area contributed by atoms with Gasteiger partial charge in [-0.3, -0.25) is 0 Å². The molecule has 0 aromatic heterocycles. The van der Waals surface area contributed by atoms with E-state index >= 15 is 0 Å². The number of ether oxygens (including phenoxy) is 3. The largest absolute Gasteiger partial charge is 0.454 e. The lowest BCUT2D eigenvalue weighted by molar-refractivity contribution is -0.117. The molecule has 1 aromatic rings. The smallest absolute Gasteiger partial charge is 0.410 e. The summed E-state index contributed by atoms with van der Waals surface area (Å²) in [6.07, 6.45) is 4.08. The van der Waals surface area contributed by atoms with E-state index in [0.717, 1.165) is 37.0 Å². The number of likely N-dealkylation sites (tertiary alicyclic amines) is 1. The number of methoxy groups -OCH3 is 1. The first-order valence-electron chi connectivity index (χ1n) is 8.59. The van der Waals surface area contributed by atoms with Crippen molar-refractivity contribution in [1.29, 1.82) is 0 Å². The SMILES string of the molecule is COC(=O)N1CC[C@]2(O)CCCC[C@@H]2[C@H]1c1ccc2c(c1)OCO2. The number of nitrogens with zero attached hydrogens (tertiary/aromatic N) is 1. The van der Waals surface area contributed by atoms with Gasteiger partial charge in [-0.05, 0) is 37.0 Å². The van der Waals surface area contributed by atoms with Crippen molar-refractivity contribution in [3.63, 3.8) is 0 Å². The third kappa shape index (κ3) is 2.40. The summed E-state index contributed by atoms with van der Waals surface area (Å²) < 4.78 is 15.9. The highest BCUT2D eigenvalue weighted by Gasteiger charge is 2.50. The molecule has 6 nitrogen and oxygen atoms in total. The molecule has 130 valence electrons. The van der Waals surface area contributed by atoms with Crippen LogP contribution in [0.4, 0.5) is 4.79 Å². The lowest BCUT2D eigenvalue weighted by Crippen LogP contribution is -2.56. The Labute approximate surface area is 141 Å². The lowest BCUT2D eigenvalue weighted by Gasteiger charge is -2.52. The van der Waals surface area contributed by atoms with Gasteiger partial charge < -0.3 is 24.2 Å². The standard InChI is InChI=1S/C18H23NO5/c1-22-17(20)19-9-8-18(21)7-3-2-4-13(18)16(19)12-5-6-14-15(10-12)24-11-23-14/h5-6,10,13,16,21H,2-4,7-9,11H2,1H3/t13-,16-,18-/m1/s1. The van der Waals surface area contributed by atoms with Gasteiger partial charge in [-0.15, -0.1) is 0 Å². The van der Waals surface area contributed by atoms with Crippen LogP contribution in [-0.4, -0.2) is 42.1 Å². The van der Waals surface area contributed by atoms with Crippen LogP contribution in [0.2, 0.25) is 0 Å². The first kappa shape index (κ1) is 15.6. The van der Waals surface area contributed by atoms with Gasteiger partial charge in [-0.25, -0.2) is 4.79 Å². The maximum atomic E-state index is 12.3. The van der Waals surface area contributed by atoms with Crippen molar-refractivity contribution in [3.05, 3.63) is 23.8 Å². The quantitative estimate of drug-likeness (QED) is 0.856. The lowest BCUT2D eigenvalue weighted by atomic mass is 9.66. The van der Waals surface area contributed by atoms with Crippen molar-refractivity contribution in [2.45, 2.75) is 43.7 Å². The molecule has 0 radical (unpaired) electrons. The Balaban J connectivity index is 1.74. The van der Waals surface area contributed by atoms with E-state index in [9.17, 15) is 9.90 Å². The van der Waals surface area contributed by atoms with E-state index < -0.39 is 5.60 Å². The van der Waals surface area contributed by atoms with E-state index in [2.05, 4.69) is 0 Å². The Kier molecular flexibility index (Phi) is 3.79. The third-order valence-corrected chi connectivity index (χ3v) is 5.71. The van der Waals surface area contributed by atoms with Gasteiger partial charge in [-0.2, -0.15) is 0 Å². The summed E-state index contributed by atoms with van der Waals surface area (Å²) in [5.41, 5.74) is 0.263. The first-order chi connectivity index (χ1) is 11.6. The minimum absolute atomic E-state index is 0.0134. The number of amides is 1. The molecule has 2 fully saturated rings. The summed E-state index contributed by atoms with van der Waals surface area (Å²) in [4.78, 5) is 14.1. The van der Waals surface area contributed by atoms with Crippen LogP contribution in [0, 0.1) is 5.92 Å². The number of piperidine rings is 1. The molecule has 1 N–H and O–H groups in total. The molecular formula is C18H23NO5. The van der Waals surface area contributed by atoms with E-state index in [4.69, 9.17) is 14.2 Å². The second-order valence-electron chi connectivity index (χ2n) is 6.93. The first-order valence-corrected chi connectivity index (χ1v) is 8.59. The molecule has 2 aliphatic heterocycles. The monoisotopic (exact) mass is 333 g/mol. The molecule has 0 bridgehead atoms. The Morgan fingerprint density at radius 1 is 1.29 bits per heavy atom. The van der Waals surface area contributed by atoms with Crippen molar-refractivity contribution >= 4 is 6.09 Å². The van der Waals surface area contributed by atoms with Gasteiger partial charge in [0.15, 0.2) is 11.5 Å². The van der Waals surface area contributed by atoms with E-state index in [-0.39, 0.29) is 24.8 Å². The van der Waals surface area contributed by atoms with Crippen LogP contribution >= 0.6 is 0 Å². The molecule has 0 unspecified atom stereocenters. The zero-order chi connectivity index (χ0) is 16.7. The van der Waals surface area contributed by atoms with Gasteiger partial charge >= 0.3 is 6.09 Å². The second-order valence-corrected chi connectivity index (χ2v) is 6.93. The molecule has 1 saturated carbocycles. The van der Waals surface area contributed by atoms with Crippen LogP contribution in [0.5, 0.6) is 11.5 Å². The van der Waals surface area contributed by atoms with E-state index in [1.165, 1.54) is 7.11 Å². The zero-order valence-corrected chi connectivity index (χ0v) is 13.9. The maximum Gasteiger partial charge on any atom is 0.410 e. The molecular weight excluding hydrogens is 310 g/mol. The number of rotatable bonds is 1. The van der Waals surface area contributed by atoms with E-state index in [1.807, 2.05) is 18.2 Å². The van der Waals surface area contributed by atoms with Gasteiger partial charge in [0, 0.05) is 12.5 Å². The number of carbonyl (C=O) groups is 1. The van der Waals surface area contributed by atoms with Crippen LogP contribution < -0.4 is 9.47 Å². The molecule has 1 aliphatic carbocycles. The van der Waals surface area contributed by atoms with Crippen molar-refractivity contribution < 1.29 is 24.1 Å². The molecule has 3 atom stereocenters. The average molecular weight is 333 g/mol. The highest BCUT2D eigenvalue weighted by atomic mass is 16.7. The van der Waals surface area contributed by atoms with Gasteiger partial charge in [0.1, 0.15) is 0 Å². The molecule has 1 amide bonds. The van der Waals surface area contributed by atoms with Crippen molar-refractivity contribution in [1.82, 2.24) is 4.90 Å². The number of hydrogen-bond acceptors (Lipinski definition) is 5. The normalized spacial score (nSPS) is 31.5. The number of benzene rings is 1. The maximum absolute atomic E-state index is 12.3. The third-order valence-electron chi connectivity index (χ3n) is 5.71. The fourth-order valence-electron chi connectivity index (χ4n) is 4.51. The number of carbonyl (C=O) groups excluding carboxylic acids is 1. The number of fused-ring (bicyclic) bond motifs is 2. The summed E-state index contributed by atoms with van der Waals surface area (Å²) in [6, 6.07) is 5.58. The van der Waals surface area contributed by atoms with Crippen molar-refractivity contribution in [2.24, 2.45) is 5.92 Å². The van der Waals surface area contributed by atoms with E-state index in [1.54, 1.807) is 4.90 Å². The summed E-state index contributed by atoms with van der Waals surface area (Å²) >= 11 is 0. The Hall–Kier alpha value is -1.95. The van der Waals surface area contributed by atoms with Gasteiger partial charge in [0.25, 0.3) is 0 Å². The predicted octanol–water partition coefficient (Wildman–Crippen LogP) is 2.85. The molecule has 1 aromatic carbocycles. The molecule has 4 rings (SSSR count). The summed E-state index contributed by atoms with van der Waals surface area (Å²) in [7, 11) is 1.40. The Morgan fingerprint density at radius 2 is 2.12 bits per heavy atom. The summed E-state index contributed by atoms with van der Waals surface area (Å²) in [5.74, 6) is 1.43. The minimum atomic E-state index is -0.705. The topological polar surface area (TPSA) is 68.2 Å². The summed E-state index contributed by atoms with van der Waals surface area (Å²) in [6.45, 7) is 0.719. The highest BCUT2D eigenvalue weighted by molar-refractivity contribution is 5.68. The molecule has 1 saturated heterocycles. The van der Waals surface area contributed by atoms with Gasteiger partial charge in [-0.1, -0.05) is 18.9 Å². The highest BCUT2D eigenvalue weighted by Crippen LogP contribution is 2.50.